The van der Waals surface area contributed by atoms with Crippen molar-refractivity contribution in [2.24, 2.45) is 0 Å². The van der Waals surface area contributed by atoms with Crippen molar-refractivity contribution >= 4 is 15.9 Å². The molecule has 1 unspecified atom stereocenters. The zero-order chi connectivity index (χ0) is 13.8. The van der Waals surface area contributed by atoms with Gasteiger partial charge in [-0.2, -0.15) is 0 Å². The molecule has 1 N–H and O–H groups in total. The Balaban J connectivity index is 2.48. The molecule has 2 aromatic rings. The van der Waals surface area contributed by atoms with E-state index in [-0.39, 0.29) is 17.7 Å². The van der Waals surface area contributed by atoms with Gasteiger partial charge in [-0.05, 0) is 42.4 Å². The van der Waals surface area contributed by atoms with Gasteiger partial charge in [0.2, 0.25) is 0 Å². The molecule has 0 amide bonds. The number of nitrogens with one attached hydrogen (secondary N) is 1. The fraction of sp³-hybridized carbons (Fsp3) is 0.200. The summed E-state index contributed by atoms with van der Waals surface area (Å²) in [5.74, 6) is -0.630. The predicted octanol–water partition coefficient (Wildman–Crippen LogP) is 4.43. The van der Waals surface area contributed by atoms with Crippen LogP contribution in [0.1, 0.15) is 24.1 Å². The maximum Gasteiger partial charge on any atom is 0.128 e. The van der Waals surface area contributed by atoms with Crippen LogP contribution in [0.25, 0.3) is 0 Å². The molecular weight excluding hydrogens is 312 g/mol. The molecular formula is C15H14BrF2N. The molecule has 0 aromatic heterocycles. The highest BCUT2D eigenvalue weighted by Gasteiger charge is 2.17. The van der Waals surface area contributed by atoms with Gasteiger partial charge in [0.1, 0.15) is 11.6 Å². The summed E-state index contributed by atoms with van der Waals surface area (Å²) in [5.41, 5.74) is 1.21. The van der Waals surface area contributed by atoms with Gasteiger partial charge in [-0.25, -0.2) is 8.78 Å². The molecule has 1 nitrogen and oxygen atoms in total. The highest BCUT2D eigenvalue weighted by atomic mass is 79.9. The van der Waals surface area contributed by atoms with Crippen LogP contribution in [0.4, 0.5) is 8.78 Å². The molecule has 2 aromatic carbocycles. The average molecular weight is 326 g/mol. The van der Waals surface area contributed by atoms with E-state index < -0.39 is 0 Å². The molecule has 0 saturated heterocycles. The van der Waals surface area contributed by atoms with Gasteiger partial charge in [-0.3, -0.25) is 0 Å². The first-order valence-corrected chi connectivity index (χ1v) is 6.85. The second-order valence-corrected chi connectivity index (χ2v) is 5.13. The van der Waals surface area contributed by atoms with E-state index in [1.165, 1.54) is 18.2 Å². The summed E-state index contributed by atoms with van der Waals surface area (Å²) in [6, 6.07) is 10.6. The van der Waals surface area contributed by atoms with E-state index in [1.54, 1.807) is 24.3 Å². The Bertz CT molecular complexity index is 572. The molecule has 0 aliphatic carbocycles. The van der Waals surface area contributed by atoms with Crippen molar-refractivity contribution in [1.82, 2.24) is 5.32 Å². The van der Waals surface area contributed by atoms with Gasteiger partial charge in [-0.1, -0.05) is 35.0 Å². The molecule has 0 saturated carbocycles. The number of benzene rings is 2. The Morgan fingerprint density at radius 3 is 2.63 bits per heavy atom. The number of halogens is 3. The number of hydrogen-bond donors (Lipinski definition) is 1. The zero-order valence-corrected chi connectivity index (χ0v) is 12.0. The molecule has 0 spiro atoms. The molecule has 0 fully saturated rings. The Hall–Kier alpha value is -1.26. The topological polar surface area (TPSA) is 12.0 Å². The first-order valence-electron chi connectivity index (χ1n) is 6.05. The molecule has 0 radical (unpaired) electrons. The Labute approximate surface area is 119 Å². The van der Waals surface area contributed by atoms with Gasteiger partial charge in [0.15, 0.2) is 0 Å². The van der Waals surface area contributed by atoms with Crippen molar-refractivity contribution in [2.75, 3.05) is 6.54 Å². The lowest BCUT2D eigenvalue weighted by atomic mass is 9.98. The molecule has 1 atom stereocenters. The molecule has 100 valence electrons. The lowest BCUT2D eigenvalue weighted by Crippen LogP contribution is -2.23. The fourth-order valence-electron chi connectivity index (χ4n) is 2.03. The summed E-state index contributed by atoms with van der Waals surface area (Å²) < 4.78 is 28.1. The summed E-state index contributed by atoms with van der Waals surface area (Å²) in [6.07, 6.45) is 0. The summed E-state index contributed by atoms with van der Waals surface area (Å²) in [5, 5.41) is 3.18. The third-order valence-corrected chi connectivity index (χ3v) is 3.35. The van der Waals surface area contributed by atoms with Crippen LogP contribution in [0.2, 0.25) is 0 Å². The lowest BCUT2D eigenvalue weighted by molar-refractivity contribution is 0.554. The van der Waals surface area contributed by atoms with Crippen molar-refractivity contribution in [3.63, 3.8) is 0 Å². The minimum Gasteiger partial charge on any atom is -0.306 e. The average Bonchev–Trinajstić information content (AvgIpc) is 2.39. The van der Waals surface area contributed by atoms with Crippen LogP contribution in [0, 0.1) is 11.6 Å². The van der Waals surface area contributed by atoms with Crippen molar-refractivity contribution in [2.45, 2.75) is 13.0 Å². The van der Waals surface area contributed by atoms with Gasteiger partial charge in [0.25, 0.3) is 0 Å². The Morgan fingerprint density at radius 2 is 1.95 bits per heavy atom. The van der Waals surface area contributed by atoms with Gasteiger partial charge < -0.3 is 5.32 Å². The molecule has 0 heterocycles. The largest absolute Gasteiger partial charge is 0.306 e. The van der Waals surface area contributed by atoms with E-state index in [4.69, 9.17) is 0 Å². The first-order chi connectivity index (χ1) is 9.11. The summed E-state index contributed by atoms with van der Waals surface area (Å²) in [7, 11) is 0. The van der Waals surface area contributed by atoms with Gasteiger partial charge in [0, 0.05) is 10.0 Å². The summed E-state index contributed by atoms with van der Waals surface area (Å²) in [4.78, 5) is 0. The van der Waals surface area contributed by atoms with Crippen molar-refractivity contribution < 1.29 is 8.78 Å². The molecule has 19 heavy (non-hydrogen) atoms. The van der Waals surface area contributed by atoms with E-state index in [1.807, 2.05) is 6.92 Å². The van der Waals surface area contributed by atoms with Gasteiger partial charge in [0.05, 0.1) is 6.04 Å². The second kappa shape index (κ2) is 6.26. The lowest BCUT2D eigenvalue weighted by Gasteiger charge is -2.20. The quantitative estimate of drug-likeness (QED) is 0.877. The smallest absolute Gasteiger partial charge is 0.128 e. The standard InChI is InChI=1S/C15H14BrF2N/c1-2-19-15(10-4-3-5-12(17)8-10)13-9-11(16)6-7-14(13)18/h3-9,15,19H,2H2,1H3. The third kappa shape index (κ3) is 3.39. The molecule has 0 aliphatic heterocycles. The van der Waals surface area contributed by atoms with E-state index in [0.717, 1.165) is 4.47 Å². The fourth-order valence-corrected chi connectivity index (χ4v) is 2.41. The van der Waals surface area contributed by atoms with Crippen LogP contribution in [-0.2, 0) is 0 Å². The van der Waals surface area contributed by atoms with E-state index in [9.17, 15) is 8.78 Å². The van der Waals surface area contributed by atoms with Gasteiger partial charge >= 0.3 is 0 Å². The van der Waals surface area contributed by atoms with Crippen LogP contribution in [0.5, 0.6) is 0 Å². The highest BCUT2D eigenvalue weighted by Crippen LogP contribution is 2.27. The molecule has 0 aliphatic rings. The Morgan fingerprint density at radius 1 is 1.16 bits per heavy atom. The summed E-state index contributed by atoms with van der Waals surface area (Å²) >= 11 is 3.33. The normalized spacial score (nSPS) is 12.4. The van der Waals surface area contributed by atoms with E-state index in [0.29, 0.717) is 17.7 Å². The van der Waals surface area contributed by atoms with Crippen molar-refractivity contribution in [3.8, 4) is 0 Å². The van der Waals surface area contributed by atoms with Crippen molar-refractivity contribution in [1.29, 1.82) is 0 Å². The van der Waals surface area contributed by atoms with Gasteiger partial charge in [-0.15, -0.1) is 0 Å². The van der Waals surface area contributed by atoms with Crippen LogP contribution in [0.15, 0.2) is 46.9 Å². The zero-order valence-electron chi connectivity index (χ0n) is 10.5. The molecule has 0 bridgehead atoms. The SMILES string of the molecule is CCNC(c1cccc(F)c1)c1cc(Br)ccc1F. The van der Waals surface area contributed by atoms with E-state index in [2.05, 4.69) is 21.2 Å². The minimum atomic E-state index is -0.363. The first kappa shape index (κ1) is 14.2. The predicted molar refractivity (Wildman–Crippen MR) is 76.0 cm³/mol. The Kier molecular flexibility index (Phi) is 4.66. The number of rotatable bonds is 4. The number of hydrogen-bond acceptors (Lipinski definition) is 1. The van der Waals surface area contributed by atoms with Crippen LogP contribution < -0.4 is 5.32 Å². The van der Waals surface area contributed by atoms with Crippen molar-refractivity contribution in [3.05, 3.63) is 69.7 Å². The van der Waals surface area contributed by atoms with E-state index >= 15 is 0 Å². The maximum atomic E-state index is 14.0. The minimum absolute atomic E-state index is 0.307. The van der Waals surface area contributed by atoms with Crippen LogP contribution >= 0.6 is 15.9 Å². The molecule has 4 heteroatoms. The third-order valence-electron chi connectivity index (χ3n) is 2.86. The second-order valence-electron chi connectivity index (χ2n) is 4.21. The van der Waals surface area contributed by atoms with Crippen LogP contribution in [-0.4, -0.2) is 6.54 Å². The monoisotopic (exact) mass is 325 g/mol. The molecule has 2 rings (SSSR count). The maximum absolute atomic E-state index is 14.0. The summed E-state index contributed by atoms with van der Waals surface area (Å²) in [6.45, 7) is 2.59. The highest BCUT2D eigenvalue weighted by molar-refractivity contribution is 9.10. The van der Waals surface area contributed by atoms with Crippen LogP contribution in [0.3, 0.4) is 0 Å².